The Morgan fingerprint density at radius 1 is 1.09 bits per heavy atom. The summed E-state index contributed by atoms with van der Waals surface area (Å²) in [5, 5.41) is 23.7. The molecule has 2 amide bonds. The zero-order chi connectivity index (χ0) is 38.5. The molecule has 3 aromatic rings. The fourth-order valence-corrected chi connectivity index (χ4v) is 11.1. The number of nitrogens with one attached hydrogen (secondary N) is 1. The summed E-state index contributed by atoms with van der Waals surface area (Å²) >= 11 is 0. The molecule has 6 heterocycles. The molecular weight excluding hydrogens is 715 g/mol. The van der Waals surface area contributed by atoms with Gasteiger partial charge in [-0.05, 0) is 94.1 Å². The van der Waals surface area contributed by atoms with Gasteiger partial charge in [0.15, 0.2) is 11.2 Å². The van der Waals surface area contributed by atoms with Gasteiger partial charge in [0.05, 0.1) is 49.5 Å². The molecule has 4 atom stereocenters. The number of methoxy groups -OCH3 is 1. The van der Waals surface area contributed by atoms with Crippen LogP contribution < -0.4 is 25.3 Å². The molecule has 15 heteroatoms. The number of hydrogen-bond donors (Lipinski definition) is 2. The summed E-state index contributed by atoms with van der Waals surface area (Å²) in [6.07, 6.45) is 13.2. The number of nitrogens with zero attached hydrogens (tertiary/aromatic N) is 8. The molecule has 0 spiro atoms. The molecule has 3 aliphatic heterocycles. The van der Waals surface area contributed by atoms with E-state index in [1.54, 1.807) is 11.0 Å². The van der Waals surface area contributed by atoms with Gasteiger partial charge in [-0.2, -0.15) is 4.80 Å². The normalized spacial score (nSPS) is 30.9. The van der Waals surface area contributed by atoms with Gasteiger partial charge in [-0.1, -0.05) is 6.92 Å². The van der Waals surface area contributed by atoms with E-state index in [1.165, 1.54) is 32.8 Å². The van der Waals surface area contributed by atoms with E-state index in [0.717, 1.165) is 42.3 Å². The average molecular weight is 768 g/mol. The molecule has 1 unspecified atom stereocenters. The second-order valence-electron chi connectivity index (χ2n) is 17.8. The molecule has 298 valence electrons. The Balaban J connectivity index is 0.964. The smallest absolute Gasteiger partial charge is 0.259 e. The SMILES string of the molecule is CCc1c(N2CCN(C(=O)c3cc(N4CCC(C)(O)C4)cnc3OC)[C@H]3CC[C@@H]32)c(=O)c2nn(C3=CCOCC3)nc2n1CC(=O)N[C@@H]1CC2(C3CC3)CC1C2. The second kappa shape index (κ2) is 13.3. The minimum absolute atomic E-state index is 0.0512. The van der Waals surface area contributed by atoms with Crippen molar-refractivity contribution in [2.75, 3.05) is 56.3 Å². The fourth-order valence-electron chi connectivity index (χ4n) is 11.1. The molecule has 5 aliphatic carbocycles. The molecule has 2 N–H and O–H groups in total. The highest BCUT2D eigenvalue weighted by atomic mass is 16.5. The Labute approximate surface area is 326 Å². The molecule has 5 saturated carbocycles. The van der Waals surface area contributed by atoms with Gasteiger partial charge in [0.25, 0.3) is 5.91 Å². The Hall–Kier alpha value is -4.50. The van der Waals surface area contributed by atoms with Crippen LogP contribution in [-0.2, 0) is 22.5 Å². The lowest BCUT2D eigenvalue weighted by molar-refractivity contribution is -0.122. The van der Waals surface area contributed by atoms with Gasteiger partial charge >= 0.3 is 0 Å². The lowest BCUT2D eigenvalue weighted by Gasteiger charge is -2.54. The van der Waals surface area contributed by atoms with E-state index >= 15 is 0 Å². The van der Waals surface area contributed by atoms with Crippen LogP contribution >= 0.6 is 0 Å². The van der Waals surface area contributed by atoms with Crippen LogP contribution in [0.5, 0.6) is 5.88 Å². The van der Waals surface area contributed by atoms with Crippen molar-refractivity contribution in [1.29, 1.82) is 0 Å². The van der Waals surface area contributed by atoms with Gasteiger partial charge in [-0.25, -0.2) is 4.98 Å². The molecule has 56 heavy (non-hydrogen) atoms. The molecule has 0 aromatic carbocycles. The number of anilines is 2. The molecule has 2 bridgehead atoms. The number of aliphatic hydroxyl groups is 1. The van der Waals surface area contributed by atoms with Gasteiger partial charge in [0.1, 0.15) is 17.8 Å². The topological polar surface area (TPSA) is 160 Å². The van der Waals surface area contributed by atoms with Crippen molar-refractivity contribution in [3.63, 3.8) is 0 Å². The van der Waals surface area contributed by atoms with Crippen LogP contribution in [0.3, 0.4) is 0 Å². The highest BCUT2D eigenvalue weighted by Gasteiger charge is 2.62. The highest BCUT2D eigenvalue weighted by molar-refractivity contribution is 5.98. The van der Waals surface area contributed by atoms with Gasteiger partial charge in [0, 0.05) is 50.4 Å². The summed E-state index contributed by atoms with van der Waals surface area (Å²) in [6, 6.07) is 1.83. The van der Waals surface area contributed by atoms with Crippen LogP contribution in [0.4, 0.5) is 11.4 Å². The van der Waals surface area contributed by atoms with Crippen LogP contribution in [0.15, 0.2) is 23.1 Å². The van der Waals surface area contributed by atoms with Crippen LogP contribution in [0.1, 0.15) is 87.7 Å². The molecule has 8 aliphatic rings. The Morgan fingerprint density at radius 2 is 1.91 bits per heavy atom. The van der Waals surface area contributed by atoms with Gasteiger partial charge in [0.2, 0.25) is 17.2 Å². The number of amides is 2. The third-order valence-electron chi connectivity index (χ3n) is 14.2. The molecule has 0 radical (unpaired) electrons. The van der Waals surface area contributed by atoms with Gasteiger partial charge < -0.3 is 39.2 Å². The number of piperazine rings is 1. The maximum atomic E-state index is 14.7. The number of β-amino-alcohol motifs (C(OH)–C–C–N with tert-alkyl or cyclic N) is 1. The van der Waals surface area contributed by atoms with Crippen LogP contribution in [-0.4, -0.2) is 117 Å². The van der Waals surface area contributed by atoms with Crippen molar-refractivity contribution in [3.05, 3.63) is 39.8 Å². The fraction of sp³-hybridized carbons (Fsp3) is 0.659. The number of ether oxygens (including phenoxy) is 2. The van der Waals surface area contributed by atoms with Gasteiger partial charge in [-0.3, -0.25) is 14.4 Å². The summed E-state index contributed by atoms with van der Waals surface area (Å²) in [5.74, 6) is 1.45. The van der Waals surface area contributed by atoms with Crippen LogP contribution in [0.25, 0.3) is 16.9 Å². The van der Waals surface area contributed by atoms with Crippen molar-refractivity contribution < 1.29 is 24.2 Å². The molecule has 2 saturated heterocycles. The van der Waals surface area contributed by atoms with Crippen molar-refractivity contribution in [3.8, 4) is 5.88 Å². The van der Waals surface area contributed by atoms with Gasteiger partial charge in [-0.15, -0.1) is 10.2 Å². The first kappa shape index (κ1) is 35.9. The maximum Gasteiger partial charge on any atom is 0.259 e. The molecule has 11 rings (SSSR count). The predicted octanol–water partition coefficient (Wildman–Crippen LogP) is 2.97. The summed E-state index contributed by atoms with van der Waals surface area (Å²) in [6.45, 7) is 6.88. The number of carbonyl (C=O) groups is 2. The second-order valence-corrected chi connectivity index (χ2v) is 17.8. The predicted molar refractivity (Wildman–Crippen MR) is 209 cm³/mol. The Morgan fingerprint density at radius 3 is 2.59 bits per heavy atom. The average Bonchev–Trinajstić information content (AvgIpc) is 3.48. The van der Waals surface area contributed by atoms with Crippen molar-refractivity contribution in [2.24, 2.45) is 17.3 Å². The number of carbonyl (C=O) groups excluding carboxylic acids is 2. The van der Waals surface area contributed by atoms with E-state index in [2.05, 4.69) is 20.1 Å². The first-order valence-electron chi connectivity index (χ1n) is 20.7. The third kappa shape index (κ3) is 5.82. The highest BCUT2D eigenvalue weighted by Crippen LogP contribution is 2.68. The zero-order valence-electron chi connectivity index (χ0n) is 32.7. The van der Waals surface area contributed by atoms with Crippen molar-refractivity contribution in [1.82, 2.24) is 34.8 Å². The Bertz CT molecular complexity index is 2180. The van der Waals surface area contributed by atoms with E-state index in [0.29, 0.717) is 86.9 Å². The standard InChI is InChI=1S/C41H53N9O6/c1-4-30-35(47-13-14-48(32-8-7-31(32)47)39(53)28-17-27(21-42-38(28)55-3)46-12-11-40(2,54)23-46)36(52)34-37(45-50(44-34)26-9-15-56-16-10-26)49(30)22-33(51)43-29-20-41(25-5-6-25)18-24(29)19-41/h9,17,21,24-25,29,31-32,54H,4-8,10-16,18-20,22-23H2,1-3H3,(H,43,51)/t24?,29-,31+,32+,40?,41?/m1/s1. The molecular formula is C41H53N9O6. The van der Waals surface area contributed by atoms with Crippen molar-refractivity contribution >= 4 is 40.1 Å². The lowest BCUT2D eigenvalue weighted by atomic mass is 9.66. The van der Waals surface area contributed by atoms with E-state index in [9.17, 15) is 19.5 Å². The van der Waals surface area contributed by atoms with Crippen LogP contribution in [0, 0.1) is 17.3 Å². The maximum absolute atomic E-state index is 14.7. The summed E-state index contributed by atoms with van der Waals surface area (Å²) in [4.78, 5) is 55.4. The van der Waals surface area contributed by atoms with E-state index in [4.69, 9.17) is 19.7 Å². The van der Waals surface area contributed by atoms with E-state index < -0.39 is 5.60 Å². The first-order valence-corrected chi connectivity index (χ1v) is 20.7. The number of fused-ring (bicyclic) bond motifs is 3. The quantitative estimate of drug-likeness (QED) is 0.312. The zero-order valence-corrected chi connectivity index (χ0v) is 32.7. The Kier molecular flexibility index (Phi) is 8.51. The number of aromatic nitrogens is 5. The summed E-state index contributed by atoms with van der Waals surface area (Å²) < 4.78 is 13.1. The van der Waals surface area contributed by atoms with Crippen LogP contribution in [0.2, 0.25) is 0 Å². The molecule has 15 nitrogen and oxygen atoms in total. The lowest BCUT2D eigenvalue weighted by Crippen LogP contribution is -2.67. The minimum atomic E-state index is -0.798. The number of rotatable bonds is 10. The summed E-state index contributed by atoms with van der Waals surface area (Å²) in [5.41, 5.74) is 3.47. The minimum Gasteiger partial charge on any atom is -0.480 e. The van der Waals surface area contributed by atoms with Crippen molar-refractivity contribution in [2.45, 2.75) is 108 Å². The largest absolute Gasteiger partial charge is 0.480 e. The number of pyridine rings is 2. The molecule has 3 aromatic heterocycles. The monoisotopic (exact) mass is 767 g/mol. The third-order valence-corrected chi connectivity index (χ3v) is 14.2. The summed E-state index contributed by atoms with van der Waals surface area (Å²) in [7, 11) is 1.52. The number of hydrogen-bond acceptors (Lipinski definition) is 11. The van der Waals surface area contributed by atoms with E-state index in [-0.39, 0.29) is 53.3 Å². The van der Waals surface area contributed by atoms with E-state index in [1.807, 2.05) is 35.5 Å². The first-order chi connectivity index (χ1) is 27.1. The molecule has 7 fully saturated rings.